The van der Waals surface area contributed by atoms with Crippen molar-refractivity contribution in [2.75, 3.05) is 0 Å². The third kappa shape index (κ3) is 4.12. The fraction of sp³-hybridized carbons (Fsp3) is 0.417. The van der Waals surface area contributed by atoms with E-state index < -0.39 is 38.9 Å². The smallest absolute Gasteiger partial charge is 0.234 e. The van der Waals surface area contributed by atoms with Crippen LogP contribution in [0.1, 0.15) is 31.9 Å². The second-order valence-electron chi connectivity index (χ2n) is 4.79. The summed E-state index contributed by atoms with van der Waals surface area (Å²) in [5.41, 5.74) is -1.84. The Bertz CT molecular complexity index is 517. The molecule has 7 heteroatoms. The van der Waals surface area contributed by atoms with Crippen molar-refractivity contribution < 1.29 is 21.8 Å². The molecule has 1 atom stereocenters. The first kappa shape index (κ1) is 15.8. The van der Waals surface area contributed by atoms with Crippen LogP contribution >= 0.6 is 0 Å². The van der Waals surface area contributed by atoms with Gasteiger partial charge in [0.1, 0.15) is 16.8 Å². The minimum Gasteiger partial charge on any atom is -0.234 e. The first-order chi connectivity index (χ1) is 8.53. The molecule has 0 amide bonds. The van der Waals surface area contributed by atoms with Crippen LogP contribution in [0.5, 0.6) is 0 Å². The molecule has 1 rings (SSSR count). The fourth-order valence-corrected chi connectivity index (χ4v) is 1.69. The van der Waals surface area contributed by atoms with Gasteiger partial charge in [-0.25, -0.2) is 8.60 Å². The van der Waals surface area contributed by atoms with Crippen molar-refractivity contribution in [1.82, 2.24) is 0 Å². The van der Waals surface area contributed by atoms with Crippen molar-refractivity contribution >= 4 is 17.2 Å². The van der Waals surface area contributed by atoms with Gasteiger partial charge in [-0.3, -0.25) is 0 Å². The summed E-state index contributed by atoms with van der Waals surface area (Å²) < 4.78 is 65.9. The molecule has 0 N–H and O–H groups in total. The number of benzene rings is 1. The maximum atomic E-state index is 13.4. The van der Waals surface area contributed by atoms with E-state index in [-0.39, 0.29) is 0 Å². The molecule has 1 aromatic carbocycles. The Hall–Kier alpha value is -1.24. The summed E-state index contributed by atoms with van der Waals surface area (Å²) in [7, 11) is -1.75. The summed E-state index contributed by atoms with van der Waals surface area (Å²) >= 11 is 0. The zero-order valence-corrected chi connectivity index (χ0v) is 11.4. The Morgan fingerprint density at radius 1 is 1.21 bits per heavy atom. The van der Waals surface area contributed by atoms with Gasteiger partial charge in [-0.2, -0.15) is 17.6 Å². The maximum Gasteiger partial charge on any atom is 0.417 e. The first-order valence-corrected chi connectivity index (χ1v) is 6.46. The predicted molar refractivity (Wildman–Crippen MR) is 66.9 cm³/mol. The summed E-state index contributed by atoms with van der Waals surface area (Å²) in [5.74, 6) is -1.05. The molecule has 106 valence electrons. The molecule has 2 nitrogen and oxygen atoms in total. The molecule has 0 aromatic heterocycles. The number of rotatable bonds is 2. The van der Waals surface area contributed by atoms with Gasteiger partial charge < -0.3 is 0 Å². The Morgan fingerprint density at radius 3 is 2.26 bits per heavy atom. The van der Waals surface area contributed by atoms with Gasteiger partial charge in [-0.1, -0.05) is 6.07 Å². The summed E-state index contributed by atoms with van der Waals surface area (Å²) in [6.45, 7) is 4.85. The topological polar surface area (TPSA) is 29.4 Å². The van der Waals surface area contributed by atoms with E-state index in [2.05, 4.69) is 4.40 Å². The number of hydrogen-bond donors (Lipinski definition) is 0. The van der Waals surface area contributed by atoms with Gasteiger partial charge in [0.15, 0.2) is 0 Å². The van der Waals surface area contributed by atoms with E-state index in [0.29, 0.717) is 6.21 Å². The van der Waals surface area contributed by atoms with Crippen LogP contribution in [0.15, 0.2) is 22.6 Å². The average molecular weight is 295 g/mol. The summed E-state index contributed by atoms with van der Waals surface area (Å²) in [6.07, 6.45) is -4.01. The molecule has 0 saturated carbocycles. The summed E-state index contributed by atoms with van der Waals surface area (Å²) in [4.78, 5) is 0. The van der Waals surface area contributed by atoms with Gasteiger partial charge in [0.05, 0.1) is 10.3 Å². The molecule has 0 heterocycles. The Morgan fingerprint density at radius 2 is 1.79 bits per heavy atom. The van der Waals surface area contributed by atoms with E-state index in [4.69, 9.17) is 0 Å². The summed E-state index contributed by atoms with van der Waals surface area (Å²) in [5, 5.41) is 0. The molecule has 0 spiro atoms. The summed E-state index contributed by atoms with van der Waals surface area (Å²) in [6, 6.07) is 2.62. The molecule has 19 heavy (non-hydrogen) atoms. The number of hydrogen-bond acceptors (Lipinski definition) is 1. The quantitative estimate of drug-likeness (QED) is 0.604. The van der Waals surface area contributed by atoms with E-state index in [9.17, 15) is 21.8 Å². The zero-order chi connectivity index (χ0) is 14.8. The van der Waals surface area contributed by atoms with E-state index >= 15 is 0 Å². The van der Waals surface area contributed by atoms with E-state index in [1.165, 1.54) is 0 Å². The monoisotopic (exact) mass is 295 g/mol. The zero-order valence-electron chi connectivity index (χ0n) is 10.6. The van der Waals surface area contributed by atoms with Gasteiger partial charge in [-0.05, 0) is 32.9 Å². The van der Waals surface area contributed by atoms with Crippen LogP contribution < -0.4 is 0 Å². The van der Waals surface area contributed by atoms with E-state index in [0.717, 1.165) is 18.2 Å². The van der Waals surface area contributed by atoms with Crippen LogP contribution in [0.25, 0.3) is 0 Å². The maximum absolute atomic E-state index is 13.4. The minimum absolute atomic E-state index is 0.680. The van der Waals surface area contributed by atoms with Gasteiger partial charge >= 0.3 is 6.18 Å². The molecular weight excluding hydrogens is 282 g/mol. The van der Waals surface area contributed by atoms with Crippen molar-refractivity contribution in [3.63, 3.8) is 0 Å². The van der Waals surface area contributed by atoms with Crippen molar-refractivity contribution in [3.8, 4) is 0 Å². The second kappa shape index (κ2) is 5.40. The van der Waals surface area contributed by atoms with Crippen LogP contribution in [-0.2, 0) is 17.2 Å². The lowest BCUT2D eigenvalue weighted by Gasteiger charge is -2.14. The molecule has 0 saturated heterocycles. The number of alkyl halides is 3. The standard InChI is InChI=1S/C12H13F4NOS/c1-11(2,3)19(18)17-7-8-9(12(14,15)16)5-4-6-10(8)13/h4-7H,1-3H3/t19-/m0/s1. The minimum atomic E-state index is -4.69. The Balaban J connectivity index is 3.22. The molecule has 0 bridgehead atoms. The first-order valence-electron chi connectivity index (χ1n) is 5.35. The number of halogens is 4. The van der Waals surface area contributed by atoms with Crippen molar-refractivity contribution in [2.45, 2.75) is 31.7 Å². The Labute approximate surface area is 111 Å². The average Bonchev–Trinajstić information content (AvgIpc) is 2.24. The van der Waals surface area contributed by atoms with Crippen molar-refractivity contribution in [2.24, 2.45) is 4.40 Å². The lowest BCUT2D eigenvalue weighted by atomic mass is 10.1. The SMILES string of the molecule is CC(C)(C)[S@](=O)N=Cc1c(F)cccc1C(F)(F)F. The van der Waals surface area contributed by atoms with E-state index in [1.807, 2.05) is 0 Å². The van der Waals surface area contributed by atoms with Gasteiger partial charge in [0.25, 0.3) is 0 Å². The normalized spacial score (nSPS) is 14.9. The molecule has 0 fully saturated rings. The molecule has 0 aliphatic heterocycles. The highest BCUT2D eigenvalue weighted by Gasteiger charge is 2.34. The molecule has 0 aliphatic carbocycles. The van der Waals surface area contributed by atoms with Crippen molar-refractivity contribution in [3.05, 3.63) is 35.1 Å². The van der Waals surface area contributed by atoms with Crippen LogP contribution in [-0.4, -0.2) is 15.2 Å². The predicted octanol–water partition coefficient (Wildman–Crippen LogP) is 3.73. The third-order valence-corrected chi connectivity index (χ3v) is 3.50. The van der Waals surface area contributed by atoms with Crippen LogP contribution in [0.2, 0.25) is 0 Å². The third-order valence-electron chi connectivity index (χ3n) is 2.16. The molecule has 1 aromatic rings. The van der Waals surface area contributed by atoms with Gasteiger partial charge in [0.2, 0.25) is 0 Å². The van der Waals surface area contributed by atoms with Crippen molar-refractivity contribution in [1.29, 1.82) is 0 Å². The Kier molecular flexibility index (Phi) is 4.50. The van der Waals surface area contributed by atoms with Crippen LogP contribution in [0.3, 0.4) is 0 Å². The van der Waals surface area contributed by atoms with Crippen LogP contribution in [0.4, 0.5) is 17.6 Å². The van der Waals surface area contributed by atoms with Gasteiger partial charge in [0, 0.05) is 11.8 Å². The highest BCUT2D eigenvalue weighted by atomic mass is 32.2. The lowest BCUT2D eigenvalue weighted by Crippen LogP contribution is -2.20. The fourth-order valence-electron chi connectivity index (χ4n) is 1.17. The molecule has 0 unspecified atom stereocenters. The lowest BCUT2D eigenvalue weighted by molar-refractivity contribution is -0.137. The number of nitrogens with zero attached hydrogens (tertiary/aromatic N) is 1. The highest BCUT2D eigenvalue weighted by molar-refractivity contribution is 7.85. The van der Waals surface area contributed by atoms with Crippen LogP contribution in [0, 0.1) is 5.82 Å². The molecule has 0 aliphatic rings. The largest absolute Gasteiger partial charge is 0.417 e. The highest BCUT2D eigenvalue weighted by Crippen LogP contribution is 2.32. The van der Waals surface area contributed by atoms with E-state index in [1.54, 1.807) is 20.8 Å². The molecular formula is C12H13F4NOS. The molecule has 0 radical (unpaired) electrons. The second-order valence-corrected chi connectivity index (χ2v) is 6.73. The van der Waals surface area contributed by atoms with Gasteiger partial charge in [-0.15, -0.1) is 0 Å².